The van der Waals surface area contributed by atoms with Gasteiger partial charge in [0.2, 0.25) is 11.8 Å². The zero-order valence-electron chi connectivity index (χ0n) is 20.0. The van der Waals surface area contributed by atoms with Gasteiger partial charge in [0.05, 0.1) is 0 Å². The third kappa shape index (κ3) is 7.00. The van der Waals surface area contributed by atoms with Gasteiger partial charge < -0.3 is 16.0 Å². The summed E-state index contributed by atoms with van der Waals surface area (Å²) in [5, 5.41) is 10.8. The molecule has 4 aromatic rings. The Morgan fingerprint density at radius 1 is 0.629 bits per heavy atom. The van der Waals surface area contributed by atoms with Gasteiger partial charge in [0.25, 0.3) is 0 Å². The van der Waals surface area contributed by atoms with Crippen molar-refractivity contribution in [2.75, 3.05) is 23.7 Å². The minimum absolute atomic E-state index is 0.0850. The maximum absolute atomic E-state index is 12.2. The lowest BCUT2D eigenvalue weighted by atomic mass is 10.2. The van der Waals surface area contributed by atoms with Crippen LogP contribution in [0.1, 0.15) is 37.1 Å². The van der Waals surface area contributed by atoms with Crippen molar-refractivity contribution in [3.8, 4) is 0 Å². The summed E-state index contributed by atoms with van der Waals surface area (Å²) in [4.78, 5) is 42.0. The Morgan fingerprint density at radius 3 is 1.51 bits per heavy atom. The molecule has 0 aliphatic rings. The first-order valence-electron chi connectivity index (χ1n) is 11.8. The van der Waals surface area contributed by atoms with E-state index in [4.69, 9.17) is 0 Å². The van der Waals surface area contributed by atoms with E-state index in [-0.39, 0.29) is 11.8 Å². The highest BCUT2D eigenvalue weighted by Crippen LogP contribution is 2.15. The topological polar surface area (TPSA) is 122 Å². The van der Waals surface area contributed by atoms with Gasteiger partial charge >= 0.3 is 0 Å². The highest BCUT2D eigenvalue weighted by atomic mass is 16.2. The third-order valence-corrected chi connectivity index (χ3v) is 5.43. The fourth-order valence-corrected chi connectivity index (χ4v) is 3.61. The molecule has 0 saturated heterocycles. The molecule has 0 aliphatic carbocycles. The fourth-order valence-electron chi connectivity index (χ4n) is 3.61. The monoisotopic (exact) mass is 471 g/mol. The lowest BCUT2D eigenvalue weighted by Gasteiger charge is -2.08. The molecule has 3 N–H and O–H groups in total. The number of hydrogen-bond acceptors (Lipinski definition) is 7. The number of rotatable bonds is 10. The average Bonchev–Trinajstić information content (AvgIpc) is 2.83. The molecule has 0 aliphatic heterocycles. The van der Waals surface area contributed by atoms with E-state index in [1.54, 1.807) is 12.1 Å². The molecule has 0 fully saturated rings. The van der Waals surface area contributed by atoms with Crippen molar-refractivity contribution in [3.05, 3.63) is 59.9 Å². The summed E-state index contributed by atoms with van der Waals surface area (Å²) in [5.41, 5.74) is 3.01. The van der Waals surface area contributed by atoms with Gasteiger partial charge in [-0.25, -0.2) is 19.9 Å². The van der Waals surface area contributed by atoms with Crippen LogP contribution in [-0.2, 0) is 9.59 Å². The second-order valence-electron chi connectivity index (χ2n) is 8.45. The van der Waals surface area contributed by atoms with E-state index in [9.17, 15) is 9.59 Å². The maximum Gasteiger partial charge on any atom is 0.225 e. The van der Waals surface area contributed by atoms with Gasteiger partial charge in [0.15, 0.2) is 11.3 Å². The van der Waals surface area contributed by atoms with E-state index in [0.29, 0.717) is 61.7 Å². The van der Waals surface area contributed by atoms with E-state index in [1.807, 2.05) is 50.2 Å². The second-order valence-corrected chi connectivity index (χ2v) is 8.45. The summed E-state index contributed by atoms with van der Waals surface area (Å²) in [6.45, 7) is 5.20. The molecular weight excluding hydrogens is 442 g/mol. The van der Waals surface area contributed by atoms with E-state index in [1.165, 1.54) is 0 Å². The molecule has 0 bridgehead atoms. The van der Waals surface area contributed by atoms with Crippen molar-refractivity contribution in [2.45, 2.75) is 39.5 Å². The molecule has 9 nitrogen and oxygen atoms in total. The predicted octanol–water partition coefficient (Wildman–Crippen LogP) is 3.92. The van der Waals surface area contributed by atoms with Crippen molar-refractivity contribution in [1.82, 2.24) is 25.3 Å². The van der Waals surface area contributed by atoms with Crippen molar-refractivity contribution >= 4 is 45.5 Å². The number of aryl methyl sites for hydroxylation is 2. The predicted molar refractivity (Wildman–Crippen MR) is 137 cm³/mol. The summed E-state index contributed by atoms with van der Waals surface area (Å²) < 4.78 is 0. The lowest BCUT2D eigenvalue weighted by molar-refractivity contribution is -0.117. The Kier molecular flexibility index (Phi) is 7.89. The van der Waals surface area contributed by atoms with Crippen LogP contribution < -0.4 is 16.0 Å². The molecule has 2 amide bonds. The largest absolute Gasteiger partial charge is 0.317 e. The van der Waals surface area contributed by atoms with Crippen LogP contribution in [0.5, 0.6) is 0 Å². The number of amides is 2. The number of carbonyl (C=O) groups is 2. The van der Waals surface area contributed by atoms with Crippen LogP contribution in [0, 0.1) is 13.8 Å². The Hall–Kier alpha value is -3.98. The number of nitrogens with one attached hydrogen (secondary N) is 3. The number of fused-ring (bicyclic) bond motifs is 2. The van der Waals surface area contributed by atoms with Gasteiger partial charge in [-0.2, -0.15) is 0 Å². The smallest absolute Gasteiger partial charge is 0.225 e. The molecular formula is C26H29N7O2. The Balaban J connectivity index is 1.10. The standard InChI is InChI=1S/C26H29N7O2/c1-17-7-9-19-11-13-21(32-25(19)28-17)30-23(34)5-3-15-27-16-4-6-24(35)31-22-14-12-20-10-8-18(2)29-26(20)33-22/h7-14,27H,3-6,15-16H2,1-2H3,(H,28,30,32,34)(H,29,31,33,35). The molecule has 0 aromatic carbocycles. The van der Waals surface area contributed by atoms with Crippen LogP contribution in [0.2, 0.25) is 0 Å². The molecule has 0 spiro atoms. The van der Waals surface area contributed by atoms with Crippen LogP contribution in [-0.4, -0.2) is 44.8 Å². The second kappa shape index (κ2) is 11.4. The molecule has 4 heterocycles. The summed E-state index contributed by atoms with van der Waals surface area (Å²) in [6, 6.07) is 15.2. The van der Waals surface area contributed by atoms with Gasteiger partial charge in [-0.1, -0.05) is 0 Å². The Morgan fingerprint density at radius 2 is 1.06 bits per heavy atom. The van der Waals surface area contributed by atoms with Gasteiger partial charge in [-0.3, -0.25) is 9.59 Å². The number of pyridine rings is 4. The number of anilines is 2. The summed E-state index contributed by atoms with van der Waals surface area (Å²) in [5.74, 6) is 0.842. The fraction of sp³-hybridized carbons (Fsp3) is 0.308. The quantitative estimate of drug-likeness (QED) is 0.300. The normalized spacial score (nSPS) is 11.0. The van der Waals surface area contributed by atoms with E-state index < -0.39 is 0 Å². The van der Waals surface area contributed by atoms with Crippen LogP contribution >= 0.6 is 0 Å². The van der Waals surface area contributed by atoms with Gasteiger partial charge in [0, 0.05) is 35.0 Å². The maximum atomic E-state index is 12.2. The number of nitrogens with zero attached hydrogens (tertiary/aromatic N) is 4. The first kappa shape index (κ1) is 24.2. The Labute approximate surface area is 203 Å². The molecule has 0 atom stereocenters. The summed E-state index contributed by atoms with van der Waals surface area (Å²) >= 11 is 0. The van der Waals surface area contributed by atoms with E-state index in [0.717, 1.165) is 22.2 Å². The lowest BCUT2D eigenvalue weighted by Crippen LogP contribution is -2.21. The average molecular weight is 472 g/mol. The number of aromatic nitrogens is 4. The van der Waals surface area contributed by atoms with Crippen LogP contribution in [0.15, 0.2) is 48.5 Å². The molecule has 180 valence electrons. The van der Waals surface area contributed by atoms with E-state index in [2.05, 4.69) is 35.9 Å². The molecule has 35 heavy (non-hydrogen) atoms. The molecule has 0 radical (unpaired) electrons. The highest BCUT2D eigenvalue weighted by Gasteiger charge is 2.07. The minimum Gasteiger partial charge on any atom is -0.317 e. The van der Waals surface area contributed by atoms with Gasteiger partial charge in [0.1, 0.15) is 11.6 Å². The van der Waals surface area contributed by atoms with Crippen LogP contribution in [0.3, 0.4) is 0 Å². The minimum atomic E-state index is -0.0850. The first-order valence-corrected chi connectivity index (χ1v) is 11.8. The van der Waals surface area contributed by atoms with Crippen LogP contribution in [0.25, 0.3) is 22.1 Å². The van der Waals surface area contributed by atoms with E-state index >= 15 is 0 Å². The van der Waals surface area contributed by atoms with Gasteiger partial charge in [-0.15, -0.1) is 0 Å². The number of hydrogen-bond donors (Lipinski definition) is 3. The molecule has 0 unspecified atom stereocenters. The van der Waals surface area contributed by atoms with Gasteiger partial charge in [-0.05, 0) is 88.3 Å². The SMILES string of the molecule is Cc1ccc2ccc(NC(=O)CCCNCCCC(=O)Nc3ccc4ccc(C)nc4n3)nc2n1. The molecule has 4 rings (SSSR count). The third-order valence-electron chi connectivity index (χ3n) is 5.43. The zero-order valence-corrected chi connectivity index (χ0v) is 20.0. The van der Waals surface area contributed by atoms with Crippen molar-refractivity contribution in [3.63, 3.8) is 0 Å². The van der Waals surface area contributed by atoms with Crippen molar-refractivity contribution in [2.24, 2.45) is 0 Å². The molecule has 0 saturated carbocycles. The molecule has 4 aromatic heterocycles. The summed E-state index contributed by atoms with van der Waals surface area (Å²) in [6.07, 6.45) is 2.15. The van der Waals surface area contributed by atoms with Crippen LogP contribution in [0.4, 0.5) is 11.6 Å². The first-order chi connectivity index (χ1) is 17.0. The van der Waals surface area contributed by atoms with Crippen molar-refractivity contribution < 1.29 is 9.59 Å². The Bertz CT molecular complexity index is 1250. The zero-order chi connectivity index (χ0) is 24.6. The number of carbonyl (C=O) groups excluding carboxylic acids is 2. The molecule has 9 heteroatoms. The van der Waals surface area contributed by atoms with Crippen molar-refractivity contribution in [1.29, 1.82) is 0 Å². The highest BCUT2D eigenvalue weighted by molar-refractivity contribution is 5.91. The summed E-state index contributed by atoms with van der Waals surface area (Å²) in [7, 11) is 0.